The number of ether oxygens (including phenoxy) is 1. The predicted molar refractivity (Wildman–Crippen MR) is 84.0 cm³/mol. The molecule has 1 amide bonds. The zero-order chi connectivity index (χ0) is 15.2. The van der Waals surface area contributed by atoms with Crippen LogP contribution >= 0.6 is 15.9 Å². The number of β-amino-alcohol motifs (C(OH)–C–C–N with tert-alkyl or cyclic N) is 1. The van der Waals surface area contributed by atoms with Crippen LogP contribution < -0.4 is 4.74 Å². The smallest absolute Gasteiger partial charge is 0.253 e. The summed E-state index contributed by atoms with van der Waals surface area (Å²) < 4.78 is 6.58. The van der Waals surface area contributed by atoms with Gasteiger partial charge < -0.3 is 14.7 Å². The molecule has 5 heteroatoms. The first-order chi connectivity index (χ1) is 9.89. The summed E-state index contributed by atoms with van der Waals surface area (Å²) in [7, 11) is 0. The van der Waals surface area contributed by atoms with Crippen LogP contribution in [0.1, 0.15) is 19.4 Å². The van der Waals surface area contributed by atoms with Gasteiger partial charge in [-0.05, 0) is 30.2 Å². The molecular formula is C16H18BrNO3. The van der Waals surface area contributed by atoms with Crippen LogP contribution in [0, 0.1) is 5.92 Å². The molecule has 0 saturated carbocycles. The minimum atomic E-state index is -0.743. The molecule has 1 saturated heterocycles. The van der Waals surface area contributed by atoms with Crippen molar-refractivity contribution < 1.29 is 14.6 Å². The van der Waals surface area contributed by atoms with Crippen molar-refractivity contribution in [3.63, 3.8) is 0 Å². The monoisotopic (exact) mass is 351 g/mol. The highest BCUT2D eigenvalue weighted by Gasteiger charge is 2.46. The minimum Gasteiger partial charge on any atom is -0.488 e. The third kappa shape index (κ3) is 2.60. The van der Waals surface area contributed by atoms with Gasteiger partial charge in [0, 0.05) is 10.0 Å². The molecule has 0 bridgehead atoms. The van der Waals surface area contributed by atoms with Gasteiger partial charge in [0.25, 0.3) is 5.91 Å². The van der Waals surface area contributed by atoms with Gasteiger partial charge in [-0.1, -0.05) is 29.8 Å². The number of amides is 1. The number of carbonyl (C=O) groups excluding carboxylic acids is 1. The first-order valence-corrected chi connectivity index (χ1v) is 7.83. The van der Waals surface area contributed by atoms with E-state index < -0.39 is 5.60 Å². The molecule has 3 rings (SSSR count). The Hall–Kier alpha value is -1.33. The van der Waals surface area contributed by atoms with E-state index in [1.54, 1.807) is 4.90 Å². The zero-order valence-corrected chi connectivity index (χ0v) is 13.7. The van der Waals surface area contributed by atoms with Gasteiger partial charge in [-0.2, -0.15) is 0 Å². The lowest BCUT2D eigenvalue weighted by Crippen LogP contribution is -2.66. The van der Waals surface area contributed by atoms with Gasteiger partial charge >= 0.3 is 0 Å². The van der Waals surface area contributed by atoms with Crippen LogP contribution in [-0.2, 0) is 4.79 Å². The van der Waals surface area contributed by atoms with Gasteiger partial charge in [0.05, 0.1) is 18.7 Å². The van der Waals surface area contributed by atoms with Crippen molar-refractivity contribution in [3.05, 3.63) is 33.8 Å². The number of halogens is 1. The van der Waals surface area contributed by atoms with Crippen molar-refractivity contribution >= 4 is 27.9 Å². The van der Waals surface area contributed by atoms with Crippen molar-refractivity contribution in [2.45, 2.75) is 19.4 Å². The highest BCUT2D eigenvalue weighted by Crippen LogP contribution is 2.33. The highest BCUT2D eigenvalue weighted by molar-refractivity contribution is 9.10. The van der Waals surface area contributed by atoms with Gasteiger partial charge in [0.2, 0.25) is 0 Å². The summed E-state index contributed by atoms with van der Waals surface area (Å²) in [6, 6.07) is 5.73. The number of rotatable bonds is 2. The van der Waals surface area contributed by atoms with Crippen LogP contribution in [-0.4, -0.2) is 41.2 Å². The molecule has 2 aliphatic rings. The Labute approximate surface area is 132 Å². The fourth-order valence-corrected chi connectivity index (χ4v) is 2.98. The maximum absolute atomic E-state index is 12.4. The normalized spacial score (nSPS) is 19.5. The van der Waals surface area contributed by atoms with E-state index in [0.717, 1.165) is 15.8 Å². The van der Waals surface area contributed by atoms with Crippen LogP contribution in [0.5, 0.6) is 5.75 Å². The number of likely N-dealkylation sites (tertiary alicyclic amines) is 1. The van der Waals surface area contributed by atoms with Gasteiger partial charge in [0.15, 0.2) is 0 Å². The lowest BCUT2D eigenvalue weighted by molar-refractivity contribution is -0.160. The van der Waals surface area contributed by atoms with Crippen LogP contribution in [0.25, 0.3) is 6.08 Å². The van der Waals surface area contributed by atoms with Crippen LogP contribution in [0.15, 0.2) is 28.2 Å². The Morgan fingerprint density at radius 2 is 2.14 bits per heavy atom. The van der Waals surface area contributed by atoms with E-state index in [4.69, 9.17) is 4.74 Å². The molecule has 1 aromatic carbocycles. The van der Waals surface area contributed by atoms with Gasteiger partial charge in [-0.3, -0.25) is 4.79 Å². The standard InChI is InChI=1S/C16H18BrNO3/c1-10(2)16(20)8-18(9-16)15(19)12-5-11-6-13(17)3-4-14(11)21-7-12/h3-6,10,20H,7-9H2,1-2H3. The van der Waals surface area contributed by atoms with E-state index in [0.29, 0.717) is 18.7 Å². The molecule has 1 N–H and O–H groups in total. The molecule has 1 fully saturated rings. The first-order valence-electron chi connectivity index (χ1n) is 7.03. The topological polar surface area (TPSA) is 49.8 Å². The molecule has 0 aliphatic carbocycles. The molecular weight excluding hydrogens is 334 g/mol. The second-order valence-corrected chi connectivity index (χ2v) is 6.98. The van der Waals surface area contributed by atoms with Crippen molar-refractivity contribution in [2.24, 2.45) is 5.92 Å². The molecule has 0 aromatic heterocycles. The SMILES string of the molecule is CC(C)C1(O)CN(C(=O)C2=Cc3cc(Br)ccc3OC2)C1. The second-order valence-electron chi connectivity index (χ2n) is 6.06. The van der Waals surface area contributed by atoms with Crippen LogP contribution in [0.4, 0.5) is 0 Å². The van der Waals surface area contributed by atoms with E-state index in [1.165, 1.54) is 0 Å². The lowest BCUT2D eigenvalue weighted by atomic mass is 9.82. The Balaban J connectivity index is 1.76. The summed E-state index contributed by atoms with van der Waals surface area (Å²) in [5.74, 6) is 0.887. The molecule has 0 radical (unpaired) electrons. The summed E-state index contributed by atoms with van der Waals surface area (Å²) >= 11 is 3.42. The number of carbonyl (C=O) groups is 1. The largest absolute Gasteiger partial charge is 0.488 e. The molecule has 2 heterocycles. The first kappa shape index (κ1) is 14.6. The Bertz CT molecular complexity index is 618. The number of hydrogen-bond donors (Lipinski definition) is 1. The van der Waals surface area contributed by atoms with Crippen molar-refractivity contribution in [2.75, 3.05) is 19.7 Å². The summed E-state index contributed by atoms with van der Waals surface area (Å²) in [5.41, 5.74) is 0.789. The molecule has 2 aliphatic heterocycles. The molecule has 0 spiro atoms. The van der Waals surface area contributed by atoms with E-state index in [2.05, 4.69) is 15.9 Å². The Morgan fingerprint density at radius 3 is 2.81 bits per heavy atom. The summed E-state index contributed by atoms with van der Waals surface area (Å²) in [4.78, 5) is 14.1. The highest BCUT2D eigenvalue weighted by atomic mass is 79.9. The van der Waals surface area contributed by atoms with Crippen LogP contribution in [0.2, 0.25) is 0 Å². The maximum Gasteiger partial charge on any atom is 0.253 e. The zero-order valence-electron chi connectivity index (χ0n) is 12.1. The van der Waals surface area contributed by atoms with Crippen molar-refractivity contribution in [3.8, 4) is 5.75 Å². The Morgan fingerprint density at radius 1 is 1.43 bits per heavy atom. The third-order valence-corrected chi connectivity index (χ3v) is 4.74. The number of fused-ring (bicyclic) bond motifs is 1. The van der Waals surface area contributed by atoms with E-state index in [1.807, 2.05) is 38.1 Å². The molecule has 112 valence electrons. The van der Waals surface area contributed by atoms with E-state index in [9.17, 15) is 9.90 Å². The fourth-order valence-electron chi connectivity index (χ4n) is 2.60. The van der Waals surface area contributed by atoms with Crippen LogP contribution in [0.3, 0.4) is 0 Å². The van der Waals surface area contributed by atoms with E-state index >= 15 is 0 Å². The van der Waals surface area contributed by atoms with Gasteiger partial charge in [0.1, 0.15) is 18.0 Å². The second kappa shape index (κ2) is 5.14. The fraction of sp³-hybridized carbons (Fsp3) is 0.438. The average molecular weight is 352 g/mol. The molecule has 0 unspecified atom stereocenters. The minimum absolute atomic E-state index is 0.0500. The lowest BCUT2D eigenvalue weighted by Gasteiger charge is -2.49. The van der Waals surface area contributed by atoms with Gasteiger partial charge in [-0.25, -0.2) is 0 Å². The average Bonchev–Trinajstić information content (AvgIpc) is 2.42. The summed E-state index contributed by atoms with van der Waals surface area (Å²) in [6.07, 6.45) is 1.87. The molecule has 4 nitrogen and oxygen atoms in total. The van der Waals surface area contributed by atoms with E-state index in [-0.39, 0.29) is 18.4 Å². The summed E-state index contributed by atoms with van der Waals surface area (Å²) in [6.45, 7) is 5.01. The number of hydrogen-bond acceptors (Lipinski definition) is 3. The van der Waals surface area contributed by atoms with Crippen molar-refractivity contribution in [1.29, 1.82) is 0 Å². The van der Waals surface area contributed by atoms with Gasteiger partial charge in [-0.15, -0.1) is 0 Å². The Kier molecular flexibility index (Phi) is 3.58. The summed E-state index contributed by atoms with van der Waals surface area (Å²) in [5, 5.41) is 10.2. The number of aliphatic hydroxyl groups is 1. The maximum atomic E-state index is 12.4. The molecule has 21 heavy (non-hydrogen) atoms. The predicted octanol–water partition coefficient (Wildman–Crippen LogP) is 2.45. The number of nitrogens with zero attached hydrogens (tertiary/aromatic N) is 1. The third-order valence-electron chi connectivity index (χ3n) is 4.25. The van der Waals surface area contributed by atoms with Crippen molar-refractivity contribution in [1.82, 2.24) is 4.90 Å². The quantitative estimate of drug-likeness (QED) is 0.890. The number of benzene rings is 1. The molecule has 0 atom stereocenters. The molecule has 1 aromatic rings.